The number of imidazole rings is 1. The topological polar surface area (TPSA) is 105 Å². The van der Waals surface area contributed by atoms with Gasteiger partial charge >= 0.3 is 0 Å². The van der Waals surface area contributed by atoms with Gasteiger partial charge in [0.05, 0.1) is 28.3 Å². The first-order valence-electron chi connectivity index (χ1n) is 11.3. The number of hydrogen-bond donors (Lipinski definition) is 3. The van der Waals surface area contributed by atoms with Crippen molar-refractivity contribution in [1.29, 1.82) is 0 Å². The number of nitrogens with one attached hydrogen (secondary N) is 1. The summed E-state index contributed by atoms with van der Waals surface area (Å²) in [4.78, 5) is 17.7. The minimum atomic E-state index is -1.20. The number of benzene rings is 1. The molecule has 0 unspecified atom stereocenters. The average Bonchev–Trinajstić information content (AvgIpc) is 3.37. The van der Waals surface area contributed by atoms with E-state index in [9.17, 15) is 15.0 Å². The van der Waals surface area contributed by atoms with Gasteiger partial charge in [-0.05, 0) is 77.3 Å². The number of anilines is 1. The molecule has 0 bridgehead atoms. The molecule has 0 atom stereocenters. The number of aliphatic hydroxyl groups is 2. The van der Waals surface area contributed by atoms with E-state index in [4.69, 9.17) is 0 Å². The predicted molar refractivity (Wildman–Crippen MR) is 131 cm³/mol. The van der Waals surface area contributed by atoms with Crippen molar-refractivity contribution in [3.63, 3.8) is 0 Å². The number of pyridine rings is 1. The zero-order valence-corrected chi connectivity index (χ0v) is 20.2. The number of aryl methyl sites for hydroxylation is 2. The van der Waals surface area contributed by atoms with E-state index in [1.807, 2.05) is 41.8 Å². The second kappa shape index (κ2) is 8.70. The molecule has 0 fully saturated rings. The molecule has 1 aromatic carbocycles. The largest absolute Gasteiger partial charge is 0.390 e. The van der Waals surface area contributed by atoms with Gasteiger partial charge in [-0.1, -0.05) is 12.1 Å². The van der Waals surface area contributed by atoms with E-state index >= 15 is 0 Å². The van der Waals surface area contributed by atoms with Gasteiger partial charge in [0, 0.05) is 24.2 Å². The summed E-state index contributed by atoms with van der Waals surface area (Å²) < 4.78 is 3.47. The minimum Gasteiger partial charge on any atom is -0.390 e. The molecular formula is C26H31N5O3. The third-order valence-corrected chi connectivity index (χ3v) is 5.63. The number of nitrogens with zero attached hydrogens (tertiary/aromatic N) is 4. The van der Waals surface area contributed by atoms with Crippen LogP contribution in [0.15, 0.2) is 55.0 Å². The fraction of sp³-hybridized carbons (Fsp3) is 0.346. The highest BCUT2D eigenvalue weighted by Crippen LogP contribution is 2.30. The van der Waals surface area contributed by atoms with Gasteiger partial charge in [-0.2, -0.15) is 5.10 Å². The maximum atomic E-state index is 13.0. The van der Waals surface area contributed by atoms with E-state index in [1.165, 1.54) is 0 Å². The van der Waals surface area contributed by atoms with Gasteiger partial charge in [-0.15, -0.1) is 0 Å². The number of aromatic nitrogens is 4. The Labute approximate surface area is 198 Å². The third kappa shape index (κ3) is 5.35. The van der Waals surface area contributed by atoms with Gasteiger partial charge in [0.2, 0.25) is 0 Å². The molecule has 4 aromatic rings. The quantitative estimate of drug-likeness (QED) is 0.386. The number of carbonyl (C=O) groups excluding carboxylic acids is 1. The molecule has 0 aliphatic rings. The van der Waals surface area contributed by atoms with Crippen LogP contribution in [-0.4, -0.2) is 40.9 Å². The molecule has 34 heavy (non-hydrogen) atoms. The molecule has 0 radical (unpaired) electrons. The van der Waals surface area contributed by atoms with Gasteiger partial charge in [0.15, 0.2) is 5.69 Å². The molecule has 0 spiro atoms. The molecule has 0 saturated heterocycles. The Morgan fingerprint density at radius 1 is 1.09 bits per heavy atom. The summed E-state index contributed by atoms with van der Waals surface area (Å²) in [5.41, 5.74) is 2.75. The molecule has 0 saturated carbocycles. The van der Waals surface area contributed by atoms with Crippen LogP contribution < -0.4 is 5.32 Å². The summed E-state index contributed by atoms with van der Waals surface area (Å²) in [6.07, 6.45) is 6.55. The molecule has 0 aliphatic carbocycles. The fourth-order valence-electron chi connectivity index (χ4n) is 3.79. The van der Waals surface area contributed by atoms with Gasteiger partial charge in [0.25, 0.3) is 5.91 Å². The Morgan fingerprint density at radius 2 is 1.85 bits per heavy atom. The lowest BCUT2D eigenvalue weighted by atomic mass is 9.97. The lowest BCUT2D eigenvalue weighted by Gasteiger charge is -2.22. The summed E-state index contributed by atoms with van der Waals surface area (Å²) in [6.45, 7) is 8.87. The van der Waals surface area contributed by atoms with Crippen LogP contribution in [0.2, 0.25) is 0 Å². The zero-order valence-electron chi connectivity index (χ0n) is 20.2. The Morgan fingerprint density at radius 3 is 2.53 bits per heavy atom. The van der Waals surface area contributed by atoms with Crippen molar-refractivity contribution < 1.29 is 15.0 Å². The van der Waals surface area contributed by atoms with Crippen molar-refractivity contribution >= 4 is 17.2 Å². The first-order valence-corrected chi connectivity index (χ1v) is 11.3. The maximum absolute atomic E-state index is 13.0. The van der Waals surface area contributed by atoms with E-state index in [1.54, 1.807) is 56.9 Å². The number of hydrogen-bond acceptors (Lipinski definition) is 5. The van der Waals surface area contributed by atoms with Crippen LogP contribution in [0.5, 0.6) is 0 Å². The summed E-state index contributed by atoms with van der Waals surface area (Å²) in [5.74, 6) is -0.376. The number of carbonyl (C=O) groups is 1. The van der Waals surface area contributed by atoms with Gasteiger partial charge < -0.3 is 19.9 Å². The summed E-state index contributed by atoms with van der Waals surface area (Å²) in [6, 6.07) is 11.3. The first kappa shape index (κ1) is 23.7. The van der Waals surface area contributed by atoms with Crippen molar-refractivity contribution in [2.75, 3.05) is 5.32 Å². The summed E-state index contributed by atoms with van der Waals surface area (Å²) in [5, 5.41) is 28.1. The highest BCUT2D eigenvalue weighted by Gasteiger charge is 2.24. The standard InChI is InChI=1S/C26H31N5O3/c1-17-7-6-8-19(13-17)31-12-10-21(29-31)24(32)28-22-16-30-15-18(9-11-25(2,3)33)27-23(30)14-20(22)26(4,5)34/h6-8,10,12-16,33-34H,9,11H2,1-5H3,(H,28,32). The molecule has 3 N–H and O–H groups in total. The number of rotatable bonds is 7. The minimum absolute atomic E-state index is 0.264. The Hall–Kier alpha value is -3.49. The van der Waals surface area contributed by atoms with Crippen LogP contribution in [-0.2, 0) is 12.0 Å². The average molecular weight is 462 g/mol. The van der Waals surface area contributed by atoms with Crippen LogP contribution in [0.4, 0.5) is 5.69 Å². The van der Waals surface area contributed by atoms with Crippen LogP contribution in [0.25, 0.3) is 11.3 Å². The van der Waals surface area contributed by atoms with Crippen molar-refractivity contribution in [2.24, 2.45) is 0 Å². The van der Waals surface area contributed by atoms with Gasteiger partial charge in [-0.25, -0.2) is 9.67 Å². The van der Waals surface area contributed by atoms with Crippen molar-refractivity contribution in [3.8, 4) is 5.69 Å². The molecule has 178 valence electrons. The highest BCUT2D eigenvalue weighted by molar-refractivity contribution is 6.03. The molecule has 4 rings (SSSR count). The van der Waals surface area contributed by atoms with Crippen molar-refractivity contribution in [2.45, 2.75) is 58.7 Å². The van der Waals surface area contributed by atoms with E-state index < -0.39 is 11.2 Å². The lowest BCUT2D eigenvalue weighted by Crippen LogP contribution is -2.22. The second-order valence-corrected chi connectivity index (χ2v) is 9.91. The molecule has 3 aromatic heterocycles. The SMILES string of the molecule is Cc1cccc(-n2ccc(C(=O)Nc3cn4cc(CCC(C)(C)O)nc4cc3C(C)(C)O)n2)c1. The monoisotopic (exact) mass is 461 g/mol. The van der Waals surface area contributed by atoms with Crippen molar-refractivity contribution in [3.05, 3.63) is 77.5 Å². The first-order chi connectivity index (χ1) is 15.9. The lowest BCUT2D eigenvalue weighted by molar-refractivity contribution is 0.0711. The normalized spacial score (nSPS) is 12.3. The van der Waals surface area contributed by atoms with E-state index in [-0.39, 0.29) is 11.6 Å². The Kier molecular flexibility index (Phi) is 6.05. The number of fused-ring (bicyclic) bond motifs is 1. The van der Waals surface area contributed by atoms with Gasteiger partial charge in [-0.3, -0.25) is 4.79 Å². The number of amides is 1. The molecule has 3 heterocycles. The van der Waals surface area contributed by atoms with E-state index in [0.717, 1.165) is 16.9 Å². The summed E-state index contributed by atoms with van der Waals surface area (Å²) >= 11 is 0. The molecule has 1 amide bonds. The molecule has 0 aliphatic heterocycles. The van der Waals surface area contributed by atoms with E-state index in [2.05, 4.69) is 15.4 Å². The van der Waals surface area contributed by atoms with Crippen LogP contribution in [0.1, 0.15) is 61.4 Å². The predicted octanol–water partition coefficient (Wildman–Crippen LogP) is 4.01. The maximum Gasteiger partial charge on any atom is 0.276 e. The third-order valence-electron chi connectivity index (χ3n) is 5.63. The molecule has 8 nitrogen and oxygen atoms in total. The highest BCUT2D eigenvalue weighted by atomic mass is 16.3. The van der Waals surface area contributed by atoms with Crippen LogP contribution in [0.3, 0.4) is 0 Å². The Balaban J connectivity index is 1.63. The Bertz CT molecular complexity index is 1340. The fourth-order valence-corrected chi connectivity index (χ4v) is 3.79. The second-order valence-electron chi connectivity index (χ2n) is 9.91. The smallest absolute Gasteiger partial charge is 0.276 e. The van der Waals surface area contributed by atoms with Crippen LogP contribution >= 0.6 is 0 Å². The van der Waals surface area contributed by atoms with Crippen LogP contribution in [0, 0.1) is 6.92 Å². The van der Waals surface area contributed by atoms with E-state index in [0.29, 0.717) is 29.7 Å². The zero-order chi connectivity index (χ0) is 24.7. The molecule has 8 heteroatoms. The van der Waals surface area contributed by atoms with Crippen molar-refractivity contribution in [1.82, 2.24) is 19.2 Å². The summed E-state index contributed by atoms with van der Waals surface area (Å²) in [7, 11) is 0. The van der Waals surface area contributed by atoms with Gasteiger partial charge in [0.1, 0.15) is 5.65 Å². The molecular weight excluding hydrogens is 430 g/mol.